The van der Waals surface area contributed by atoms with Gasteiger partial charge in [0.2, 0.25) is 0 Å². The lowest BCUT2D eigenvalue weighted by atomic mass is 9.93. The Morgan fingerprint density at radius 2 is 2.15 bits per heavy atom. The second-order valence-corrected chi connectivity index (χ2v) is 7.74. The Hall–Kier alpha value is -0.120. The van der Waals surface area contributed by atoms with Crippen LogP contribution in [0.5, 0.6) is 0 Å². The molecule has 2 aliphatic rings. The first kappa shape index (κ1) is 16.3. The summed E-state index contributed by atoms with van der Waals surface area (Å²) in [6.07, 6.45) is 6.91. The highest BCUT2D eigenvalue weighted by Gasteiger charge is 2.33. The van der Waals surface area contributed by atoms with E-state index in [4.69, 9.17) is 4.74 Å². The van der Waals surface area contributed by atoms with Crippen LogP contribution in [-0.2, 0) is 4.74 Å². The third-order valence-electron chi connectivity index (χ3n) is 4.85. The molecule has 2 saturated heterocycles. The SMILES string of the molecule is CC(C)CC1CN(CCCC2CCCO2)C(C)(C)CN1. The van der Waals surface area contributed by atoms with Crippen molar-refractivity contribution in [1.82, 2.24) is 10.2 Å². The lowest BCUT2D eigenvalue weighted by molar-refractivity contribution is 0.0504. The minimum absolute atomic E-state index is 0.296. The zero-order valence-electron chi connectivity index (χ0n) is 14.0. The Morgan fingerprint density at radius 1 is 1.35 bits per heavy atom. The van der Waals surface area contributed by atoms with Crippen molar-refractivity contribution in [3.05, 3.63) is 0 Å². The number of hydrogen-bond acceptors (Lipinski definition) is 3. The molecule has 2 rings (SSSR count). The predicted molar refractivity (Wildman–Crippen MR) is 85.1 cm³/mol. The number of nitrogens with zero attached hydrogens (tertiary/aromatic N) is 1. The zero-order valence-corrected chi connectivity index (χ0v) is 14.0. The van der Waals surface area contributed by atoms with Crippen molar-refractivity contribution in [3.8, 4) is 0 Å². The topological polar surface area (TPSA) is 24.5 Å². The van der Waals surface area contributed by atoms with E-state index in [-0.39, 0.29) is 0 Å². The van der Waals surface area contributed by atoms with Gasteiger partial charge in [-0.2, -0.15) is 0 Å². The molecule has 0 aromatic carbocycles. The maximum atomic E-state index is 5.74. The first-order chi connectivity index (χ1) is 9.47. The molecule has 0 amide bonds. The smallest absolute Gasteiger partial charge is 0.0576 e. The van der Waals surface area contributed by atoms with Gasteiger partial charge in [0.25, 0.3) is 0 Å². The molecule has 3 heteroatoms. The molecule has 0 saturated carbocycles. The summed E-state index contributed by atoms with van der Waals surface area (Å²) in [5, 5.41) is 3.74. The largest absolute Gasteiger partial charge is 0.378 e. The van der Waals surface area contributed by atoms with Crippen molar-refractivity contribution >= 4 is 0 Å². The van der Waals surface area contributed by atoms with Gasteiger partial charge >= 0.3 is 0 Å². The van der Waals surface area contributed by atoms with Crippen LogP contribution in [0.25, 0.3) is 0 Å². The molecule has 2 atom stereocenters. The highest BCUT2D eigenvalue weighted by Crippen LogP contribution is 2.23. The molecule has 2 fully saturated rings. The molecule has 0 radical (unpaired) electrons. The standard InChI is InChI=1S/C17H34N2O/c1-14(2)11-15-12-19(17(3,4)13-18-15)9-5-7-16-8-6-10-20-16/h14-16,18H,5-13H2,1-4H3. The van der Waals surface area contributed by atoms with Crippen molar-refractivity contribution in [3.63, 3.8) is 0 Å². The number of piperazine rings is 1. The Bertz CT molecular complexity index is 285. The van der Waals surface area contributed by atoms with Gasteiger partial charge in [-0.3, -0.25) is 4.90 Å². The molecule has 3 nitrogen and oxygen atoms in total. The molecule has 2 aliphatic heterocycles. The number of ether oxygens (including phenoxy) is 1. The molecule has 0 bridgehead atoms. The molecule has 2 heterocycles. The zero-order chi connectivity index (χ0) is 14.6. The Balaban J connectivity index is 1.76. The summed E-state index contributed by atoms with van der Waals surface area (Å²) in [4.78, 5) is 2.70. The van der Waals surface area contributed by atoms with Crippen molar-refractivity contribution in [2.24, 2.45) is 5.92 Å². The van der Waals surface area contributed by atoms with Crippen LogP contribution in [0.15, 0.2) is 0 Å². The summed E-state index contributed by atoms with van der Waals surface area (Å²) in [5.74, 6) is 0.780. The quantitative estimate of drug-likeness (QED) is 0.810. The van der Waals surface area contributed by atoms with Crippen LogP contribution in [0.4, 0.5) is 0 Å². The van der Waals surface area contributed by atoms with Gasteiger partial charge in [-0.25, -0.2) is 0 Å². The van der Waals surface area contributed by atoms with Gasteiger partial charge in [-0.15, -0.1) is 0 Å². The highest BCUT2D eigenvalue weighted by atomic mass is 16.5. The monoisotopic (exact) mass is 282 g/mol. The van der Waals surface area contributed by atoms with E-state index < -0.39 is 0 Å². The van der Waals surface area contributed by atoms with E-state index in [9.17, 15) is 0 Å². The minimum atomic E-state index is 0.296. The number of hydrogen-bond donors (Lipinski definition) is 1. The molecule has 2 unspecified atom stereocenters. The average molecular weight is 282 g/mol. The molecule has 0 aliphatic carbocycles. The summed E-state index contributed by atoms with van der Waals surface area (Å²) in [6, 6.07) is 0.672. The van der Waals surface area contributed by atoms with Crippen LogP contribution in [0.3, 0.4) is 0 Å². The molecule has 0 spiro atoms. The van der Waals surface area contributed by atoms with Gasteiger partial charge in [0.1, 0.15) is 0 Å². The van der Waals surface area contributed by atoms with E-state index in [1.807, 2.05) is 0 Å². The fourth-order valence-corrected chi connectivity index (χ4v) is 3.59. The average Bonchev–Trinajstić information content (AvgIpc) is 2.86. The molecular weight excluding hydrogens is 248 g/mol. The van der Waals surface area contributed by atoms with E-state index in [1.165, 1.54) is 45.2 Å². The summed E-state index contributed by atoms with van der Waals surface area (Å²) < 4.78 is 5.74. The van der Waals surface area contributed by atoms with Crippen molar-refractivity contribution < 1.29 is 4.74 Å². The van der Waals surface area contributed by atoms with E-state index in [1.54, 1.807) is 0 Å². The van der Waals surface area contributed by atoms with Crippen molar-refractivity contribution in [2.75, 3.05) is 26.2 Å². The maximum Gasteiger partial charge on any atom is 0.0576 e. The van der Waals surface area contributed by atoms with Gasteiger partial charge in [0.05, 0.1) is 6.10 Å². The van der Waals surface area contributed by atoms with Crippen LogP contribution in [-0.4, -0.2) is 48.8 Å². The fourth-order valence-electron chi connectivity index (χ4n) is 3.59. The van der Waals surface area contributed by atoms with E-state index in [2.05, 4.69) is 37.9 Å². The second kappa shape index (κ2) is 7.24. The van der Waals surface area contributed by atoms with E-state index in [0.717, 1.165) is 19.1 Å². The Kier molecular flexibility index (Phi) is 5.88. The Morgan fingerprint density at radius 3 is 2.80 bits per heavy atom. The van der Waals surface area contributed by atoms with E-state index in [0.29, 0.717) is 17.7 Å². The predicted octanol–water partition coefficient (Wildman–Crippen LogP) is 3.04. The van der Waals surface area contributed by atoms with Gasteiger partial charge in [0, 0.05) is 31.3 Å². The molecule has 1 N–H and O–H groups in total. The molecular formula is C17H34N2O. The molecule has 0 aromatic heterocycles. The van der Waals surface area contributed by atoms with E-state index >= 15 is 0 Å². The lowest BCUT2D eigenvalue weighted by Gasteiger charge is -2.46. The third-order valence-corrected chi connectivity index (χ3v) is 4.85. The first-order valence-corrected chi connectivity index (χ1v) is 8.57. The van der Waals surface area contributed by atoms with Crippen LogP contribution in [0, 0.1) is 5.92 Å². The summed E-state index contributed by atoms with van der Waals surface area (Å²) >= 11 is 0. The molecule has 0 aromatic rings. The molecule has 118 valence electrons. The molecule has 20 heavy (non-hydrogen) atoms. The van der Waals surface area contributed by atoms with Gasteiger partial charge in [-0.1, -0.05) is 13.8 Å². The van der Waals surface area contributed by atoms with Gasteiger partial charge < -0.3 is 10.1 Å². The third kappa shape index (κ3) is 4.71. The van der Waals surface area contributed by atoms with Crippen LogP contribution in [0.1, 0.15) is 59.8 Å². The van der Waals surface area contributed by atoms with Gasteiger partial charge in [0.15, 0.2) is 0 Å². The first-order valence-electron chi connectivity index (χ1n) is 8.57. The normalized spacial score (nSPS) is 31.1. The van der Waals surface area contributed by atoms with Crippen molar-refractivity contribution in [1.29, 1.82) is 0 Å². The summed E-state index contributed by atoms with van der Waals surface area (Å²) in [6.45, 7) is 13.9. The second-order valence-electron chi connectivity index (χ2n) is 7.74. The maximum absolute atomic E-state index is 5.74. The minimum Gasteiger partial charge on any atom is -0.378 e. The fraction of sp³-hybridized carbons (Fsp3) is 1.00. The number of rotatable bonds is 6. The Labute approximate surface area is 125 Å². The summed E-state index contributed by atoms with van der Waals surface area (Å²) in [7, 11) is 0. The van der Waals surface area contributed by atoms with Crippen LogP contribution < -0.4 is 5.32 Å². The summed E-state index contributed by atoms with van der Waals surface area (Å²) in [5.41, 5.74) is 0.296. The highest BCUT2D eigenvalue weighted by molar-refractivity contribution is 4.93. The van der Waals surface area contributed by atoms with Crippen LogP contribution >= 0.6 is 0 Å². The number of nitrogens with one attached hydrogen (secondary N) is 1. The van der Waals surface area contributed by atoms with Crippen LogP contribution in [0.2, 0.25) is 0 Å². The lowest BCUT2D eigenvalue weighted by Crippen LogP contribution is -2.62. The van der Waals surface area contributed by atoms with Gasteiger partial charge in [-0.05, 0) is 58.4 Å². The van der Waals surface area contributed by atoms with Crippen molar-refractivity contribution in [2.45, 2.75) is 77.5 Å².